The van der Waals surface area contributed by atoms with Gasteiger partial charge in [0.15, 0.2) is 0 Å². The van der Waals surface area contributed by atoms with Gasteiger partial charge in [0, 0.05) is 10.5 Å². The predicted molar refractivity (Wildman–Crippen MR) is 102 cm³/mol. The average Bonchev–Trinajstić information content (AvgIpc) is 2.59. The Morgan fingerprint density at radius 2 is 2.04 bits per heavy atom. The van der Waals surface area contributed by atoms with Gasteiger partial charge in [0.25, 0.3) is 0 Å². The SMILES string of the molecule is CC(C)C1=CCC(C)(SC[C@H](N)C(=O)OCc2ccccc2)CC1. The van der Waals surface area contributed by atoms with Gasteiger partial charge in [-0.05, 0) is 30.7 Å². The van der Waals surface area contributed by atoms with E-state index in [1.165, 1.54) is 0 Å². The minimum Gasteiger partial charge on any atom is -0.460 e. The lowest BCUT2D eigenvalue weighted by Gasteiger charge is -2.34. The molecule has 0 aliphatic heterocycles. The van der Waals surface area contributed by atoms with Gasteiger partial charge in [-0.2, -0.15) is 11.8 Å². The number of ether oxygens (including phenoxy) is 1. The Kier molecular flexibility index (Phi) is 6.93. The maximum Gasteiger partial charge on any atom is 0.324 e. The van der Waals surface area contributed by atoms with Crippen molar-refractivity contribution in [2.45, 2.75) is 57.4 Å². The fourth-order valence-corrected chi connectivity index (χ4v) is 3.98. The molecule has 2 N–H and O–H groups in total. The Morgan fingerprint density at radius 3 is 2.62 bits per heavy atom. The Balaban J connectivity index is 1.76. The zero-order valence-electron chi connectivity index (χ0n) is 15.0. The van der Waals surface area contributed by atoms with Gasteiger partial charge in [-0.1, -0.05) is 62.8 Å². The van der Waals surface area contributed by atoms with Crippen molar-refractivity contribution in [1.29, 1.82) is 0 Å². The van der Waals surface area contributed by atoms with Crippen LogP contribution in [0.3, 0.4) is 0 Å². The second kappa shape index (κ2) is 8.72. The number of thioether (sulfide) groups is 1. The van der Waals surface area contributed by atoms with Gasteiger partial charge in [-0.15, -0.1) is 0 Å². The van der Waals surface area contributed by atoms with Crippen LogP contribution >= 0.6 is 11.8 Å². The zero-order valence-corrected chi connectivity index (χ0v) is 15.8. The van der Waals surface area contributed by atoms with Crippen LogP contribution in [0.15, 0.2) is 42.0 Å². The van der Waals surface area contributed by atoms with E-state index in [9.17, 15) is 4.79 Å². The van der Waals surface area contributed by atoms with E-state index in [1.807, 2.05) is 30.3 Å². The van der Waals surface area contributed by atoms with Crippen molar-refractivity contribution in [3.8, 4) is 0 Å². The van der Waals surface area contributed by atoms with Gasteiger partial charge >= 0.3 is 5.97 Å². The molecule has 1 aromatic carbocycles. The van der Waals surface area contributed by atoms with E-state index >= 15 is 0 Å². The number of esters is 1. The molecule has 1 aliphatic carbocycles. The second-order valence-electron chi connectivity index (χ2n) is 7.10. The molecule has 0 heterocycles. The van der Waals surface area contributed by atoms with Gasteiger partial charge in [0.1, 0.15) is 12.6 Å². The Bertz CT molecular complexity index is 570. The summed E-state index contributed by atoms with van der Waals surface area (Å²) in [7, 11) is 0. The van der Waals surface area contributed by atoms with E-state index in [0.717, 1.165) is 24.8 Å². The molecular formula is C20H29NO2S. The molecule has 1 aromatic rings. The number of benzene rings is 1. The fourth-order valence-electron chi connectivity index (χ4n) is 2.81. The molecule has 0 amide bonds. The highest BCUT2D eigenvalue weighted by Crippen LogP contribution is 2.40. The van der Waals surface area contributed by atoms with Gasteiger partial charge < -0.3 is 10.5 Å². The zero-order chi connectivity index (χ0) is 17.6. The standard InChI is InChI=1S/C20H29NO2S/c1-15(2)17-9-11-20(3,12-10-17)24-14-18(21)19(22)23-13-16-7-5-4-6-8-16/h4-9,15,18H,10-14,21H2,1-3H3/t18-,20?/m0/s1. The van der Waals surface area contributed by atoms with E-state index in [4.69, 9.17) is 10.5 Å². The molecule has 1 unspecified atom stereocenters. The van der Waals surface area contributed by atoms with Crippen LogP contribution in [0.1, 0.15) is 45.6 Å². The molecule has 2 rings (SSSR count). The van der Waals surface area contributed by atoms with Crippen molar-refractivity contribution in [2.24, 2.45) is 11.7 Å². The van der Waals surface area contributed by atoms with Crippen LogP contribution in [-0.2, 0) is 16.1 Å². The highest BCUT2D eigenvalue weighted by molar-refractivity contribution is 8.00. The summed E-state index contributed by atoms with van der Waals surface area (Å²) < 4.78 is 5.50. The van der Waals surface area contributed by atoms with Crippen molar-refractivity contribution >= 4 is 17.7 Å². The fraction of sp³-hybridized carbons (Fsp3) is 0.550. The number of hydrogen-bond donors (Lipinski definition) is 1. The van der Waals surface area contributed by atoms with Crippen molar-refractivity contribution < 1.29 is 9.53 Å². The Labute approximate surface area is 150 Å². The average molecular weight is 348 g/mol. The molecule has 0 saturated heterocycles. The van der Waals surface area contributed by atoms with Gasteiger partial charge in [-0.25, -0.2) is 0 Å². The molecule has 0 aromatic heterocycles. The first-order chi connectivity index (χ1) is 11.4. The van der Waals surface area contributed by atoms with Crippen molar-refractivity contribution in [3.05, 3.63) is 47.5 Å². The van der Waals surface area contributed by atoms with Crippen LogP contribution in [0.5, 0.6) is 0 Å². The minimum absolute atomic E-state index is 0.176. The topological polar surface area (TPSA) is 52.3 Å². The van der Waals surface area contributed by atoms with Gasteiger partial charge in [0.05, 0.1) is 0 Å². The highest BCUT2D eigenvalue weighted by atomic mass is 32.2. The molecule has 0 saturated carbocycles. The number of carbonyl (C=O) groups excluding carboxylic acids is 1. The third-order valence-electron chi connectivity index (χ3n) is 4.62. The largest absolute Gasteiger partial charge is 0.460 e. The molecule has 0 fully saturated rings. The third kappa shape index (κ3) is 5.67. The monoisotopic (exact) mass is 347 g/mol. The summed E-state index contributed by atoms with van der Waals surface area (Å²) in [6.07, 6.45) is 5.72. The van der Waals surface area contributed by atoms with E-state index in [0.29, 0.717) is 11.7 Å². The van der Waals surface area contributed by atoms with Gasteiger partial charge in [0.2, 0.25) is 0 Å². The first kappa shape index (κ1) is 19.1. The van der Waals surface area contributed by atoms with E-state index < -0.39 is 6.04 Å². The molecule has 132 valence electrons. The molecule has 3 nitrogen and oxygen atoms in total. The smallest absolute Gasteiger partial charge is 0.324 e. The van der Waals surface area contributed by atoms with Crippen LogP contribution in [0.2, 0.25) is 0 Å². The van der Waals surface area contributed by atoms with Crippen LogP contribution in [-0.4, -0.2) is 22.5 Å². The minimum atomic E-state index is -0.564. The molecule has 0 bridgehead atoms. The molecule has 4 heteroatoms. The summed E-state index contributed by atoms with van der Waals surface area (Å²) in [5.41, 5.74) is 8.56. The van der Waals surface area contributed by atoms with Crippen molar-refractivity contribution in [1.82, 2.24) is 0 Å². The number of carbonyl (C=O) groups is 1. The normalized spacial score (nSPS) is 22.1. The Hall–Kier alpha value is -1.26. The predicted octanol–water partition coefficient (Wildman–Crippen LogP) is 4.32. The molecule has 1 aliphatic rings. The molecular weight excluding hydrogens is 318 g/mol. The van der Waals surface area contributed by atoms with Crippen LogP contribution < -0.4 is 5.73 Å². The summed E-state index contributed by atoms with van der Waals surface area (Å²) in [5, 5.41) is 0. The summed E-state index contributed by atoms with van der Waals surface area (Å²) in [6.45, 7) is 7.06. The first-order valence-corrected chi connectivity index (χ1v) is 9.67. The number of nitrogens with two attached hydrogens (primary N) is 1. The first-order valence-electron chi connectivity index (χ1n) is 8.69. The van der Waals surface area contributed by atoms with E-state index in [1.54, 1.807) is 17.3 Å². The van der Waals surface area contributed by atoms with E-state index in [-0.39, 0.29) is 17.3 Å². The summed E-state index contributed by atoms with van der Waals surface area (Å²) >= 11 is 1.80. The highest BCUT2D eigenvalue weighted by Gasteiger charge is 2.29. The molecule has 2 atom stereocenters. The molecule has 0 spiro atoms. The summed E-state index contributed by atoms with van der Waals surface area (Å²) in [6, 6.07) is 9.12. The van der Waals surface area contributed by atoms with Crippen LogP contribution in [0, 0.1) is 5.92 Å². The van der Waals surface area contributed by atoms with Crippen LogP contribution in [0.25, 0.3) is 0 Å². The number of hydrogen-bond acceptors (Lipinski definition) is 4. The maximum absolute atomic E-state index is 12.1. The lowest BCUT2D eigenvalue weighted by molar-refractivity contribution is -0.145. The second-order valence-corrected chi connectivity index (χ2v) is 8.71. The lowest BCUT2D eigenvalue weighted by Crippen LogP contribution is -2.37. The number of rotatable bonds is 7. The van der Waals surface area contributed by atoms with Crippen LogP contribution in [0.4, 0.5) is 0 Å². The number of allylic oxidation sites excluding steroid dienone is 2. The summed E-state index contributed by atoms with van der Waals surface area (Å²) in [5.74, 6) is 0.925. The van der Waals surface area contributed by atoms with Crippen molar-refractivity contribution in [3.63, 3.8) is 0 Å². The van der Waals surface area contributed by atoms with E-state index in [2.05, 4.69) is 26.8 Å². The third-order valence-corrected chi connectivity index (χ3v) is 6.21. The lowest BCUT2D eigenvalue weighted by atomic mass is 9.85. The van der Waals surface area contributed by atoms with Gasteiger partial charge in [-0.3, -0.25) is 4.79 Å². The molecule has 24 heavy (non-hydrogen) atoms. The molecule has 0 radical (unpaired) electrons. The quantitative estimate of drug-likeness (QED) is 0.590. The van der Waals surface area contributed by atoms with Crippen molar-refractivity contribution in [2.75, 3.05) is 5.75 Å². The Morgan fingerprint density at radius 1 is 1.33 bits per heavy atom. The maximum atomic E-state index is 12.1. The summed E-state index contributed by atoms with van der Waals surface area (Å²) in [4.78, 5) is 12.1.